The highest BCUT2D eigenvalue weighted by Gasteiger charge is 2.10. The van der Waals surface area contributed by atoms with Crippen LogP contribution in [0.15, 0.2) is 29.0 Å². The molecule has 0 saturated carbocycles. The molecule has 98 valence electrons. The first-order valence-corrected chi connectivity index (χ1v) is 6.11. The van der Waals surface area contributed by atoms with E-state index in [2.05, 4.69) is 20.6 Å². The summed E-state index contributed by atoms with van der Waals surface area (Å²) in [6, 6.07) is 3.82. The lowest BCUT2D eigenvalue weighted by molar-refractivity contribution is 0.387. The average molecular weight is 258 g/mol. The van der Waals surface area contributed by atoms with Gasteiger partial charge in [0.05, 0.1) is 18.4 Å². The molecular formula is C12H14N6O. The lowest BCUT2D eigenvalue weighted by Gasteiger charge is -1.99. The van der Waals surface area contributed by atoms with E-state index in [0.717, 1.165) is 29.4 Å². The molecule has 3 rings (SSSR count). The number of nitrogens with zero attached hydrogens (tertiary/aromatic N) is 6. The van der Waals surface area contributed by atoms with Gasteiger partial charge in [0.1, 0.15) is 17.1 Å². The predicted molar refractivity (Wildman–Crippen MR) is 67.3 cm³/mol. The van der Waals surface area contributed by atoms with Crippen molar-refractivity contribution < 1.29 is 4.52 Å². The molecule has 3 aromatic rings. The number of hydrogen-bond acceptors (Lipinski definition) is 5. The zero-order chi connectivity index (χ0) is 13.2. The molecule has 3 aromatic heterocycles. The zero-order valence-electron chi connectivity index (χ0n) is 10.8. The normalized spacial score (nSPS) is 11.1. The largest absolute Gasteiger partial charge is 0.361 e. The highest BCUT2D eigenvalue weighted by molar-refractivity contribution is 5.52. The quantitative estimate of drug-likeness (QED) is 0.709. The Labute approximate surface area is 109 Å². The number of aryl methyl sites for hydroxylation is 2. The van der Waals surface area contributed by atoms with Crippen LogP contribution < -0.4 is 0 Å². The average Bonchev–Trinajstić information content (AvgIpc) is 3.10. The minimum Gasteiger partial charge on any atom is -0.361 e. The van der Waals surface area contributed by atoms with E-state index in [-0.39, 0.29) is 0 Å². The smallest absolute Gasteiger partial charge is 0.133 e. The van der Waals surface area contributed by atoms with E-state index in [9.17, 15) is 0 Å². The standard InChI is InChI=1S/C12H14N6O/c1-3-18-12(4-5-13-18)11-8-17(16-14-11)7-10-6-9(2)19-15-10/h4-6,8H,3,7H2,1-2H3. The van der Waals surface area contributed by atoms with Crippen LogP contribution in [0.25, 0.3) is 11.4 Å². The van der Waals surface area contributed by atoms with E-state index in [1.807, 2.05) is 36.9 Å². The van der Waals surface area contributed by atoms with Gasteiger partial charge in [-0.2, -0.15) is 5.10 Å². The number of aromatic nitrogens is 6. The fourth-order valence-electron chi connectivity index (χ4n) is 1.95. The maximum Gasteiger partial charge on any atom is 0.133 e. The van der Waals surface area contributed by atoms with Gasteiger partial charge in [-0.25, -0.2) is 4.68 Å². The van der Waals surface area contributed by atoms with Crippen molar-refractivity contribution in [2.75, 3.05) is 0 Å². The third-order valence-electron chi connectivity index (χ3n) is 2.82. The topological polar surface area (TPSA) is 74.6 Å². The lowest BCUT2D eigenvalue weighted by Crippen LogP contribution is -2.00. The highest BCUT2D eigenvalue weighted by atomic mass is 16.5. The summed E-state index contributed by atoms with van der Waals surface area (Å²) in [5.41, 5.74) is 2.60. The molecule has 0 aliphatic rings. The second-order valence-electron chi connectivity index (χ2n) is 4.26. The third-order valence-corrected chi connectivity index (χ3v) is 2.82. The van der Waals surface area contributed by atoms with Gasteiger partial charge in [-0.3, -0.25) is 4.68 Å². The molecule has 7 nitrogen and oxygen atoms in total. The lowest BCUT2D eigenvalue weighted by atomic mass is 10.3. The van der Waals surface area contributed by atoms with Gasteiger partial charge in [0.2, 0.25) is 0 Å². The van der Waals surface area contributed by atoms with Gasteiger partial charge in [0.15, 0.2) is 0 Å². The van der Waals surface area contributed by atoms with Crippen molar-refractivity contribution in [2.24, 2.45) is 0 Å². The van der Waals surface area contributed by atoms with Gasteiger partial charge >= 0.3 is 0 Å². The monoisotopic (exact) mass is 258 g/mol. The maximum absolute atomic E-state index is 5.03. The molecule has 0 bridgehead atoms. The van der Waals surface area contributed by atoms with Gasteiger partial charge in [-0.1, -0.05) is 10.4 Å². The molecule has 3 heterocycles. The summed E-state index contributed by atoms with van der Waals surface area (Å²) in [4.78, 5) is 0. The van der Waals surface area contributed by atoms with E-state index < -0.39 is 0 Å². The third kappa shape index (κ3) is 2.26. The van der Waals surface area contributed by atoms with Crippen LogP contribution in [-0.4, -0.2) is 29.9 Å². The molecule has 0 aliphatic carbocycles. The Kier molecular flexibility index (Phi) is 2.86. The molecule has 0 N–H and O–H groups in total. The molecule has 0 unspecified atom stereocenters. The molecule has 7 heteroatoms. The minimum atomic E-state index is 0.546. The van der Waals surface area contributed by atoms with Gasteiger partial charge < -0.3 is 4.52 Å². The van der Waals surface area contributed by atoms with Crippen molar-refractivity contribution in [2.45, 2.75) is 26.9 Å². The van der Waals surface area contributed by atoms with Crippen LogP contribution >= 0.6 is 0 Å². The molecule has 19 heavy (non-hydrogen) atoms. The molecule has 0 amide bonds. The maximum atomic E-state index is 5.03. The van der Waals surface area contributed by atoms with Crippen molar-refractivity contribution in [3.8, 4) is 11.4 Å². The minimum absolute atomic E-state index is 0.546. The first kappa shape index (κ1) is 11.6. The molecule has 0 atom stereocenters. The molecule has 0 fully saturated rings. The predicted octanol–water partition coefficient (Wildman–Crippen LogP) is 1.51. The molecule has 0 saturated heterocycles. The van der Waals surface area contributed by atoms with Gasteiger partial charge in [-0.15, -0.1) is 5.10 Å². The molecular weight excluding hydrogens is 244 g/mol. The summed E-state index contributed by atoms with van der Waals surface area (Å²) in [5.74, 6) is 0.791. The molecule has 0 radical (unpaired) electrons. The van der Waals surface area contributed by atoms with E-state index in [1.165, 1.54) is 0 Å². The summed E-state index contributed by atoms with van der Waals surface area (Å²) in [5, 5.41) is 16.4. The number of hydrogen-bond donors (Lipinski definition) is 0. The van der Waals surface area contributed by atoms with Crippen LogP contribution in [0.5, 0.6) is 0 Å². The van der Waals surface area contributed by atoms with Crippen LogP contribution in [0.2, 0.25) is 0 Å². The zero-order valence-corrected chi connectivity index (χ0v) is 10.8. The van der Waals surface area contributed by atoms with Crippen molar-refractivity contribution in [3.63, 3.8) is 0 Å². The fraction of sp³-hybridized carbons (Fsp3) is 0.333. The molecule has 0 aromatic carbocycles. The number of rotatable bonds is 4. The molecule has 0 spiro atoms. The van der Waals surface area contributed by atoms with Crippen LogP contribution in [0, 0.1) is 6.92 Å². The first-order valence-electron chi connectivity index (χ1n) is 6.11. The Bertz CT molecular complexity index is 680. The Balaban J connectivity index is 1.83. The van der Waals surface area contributed by atoms with Crippen LogP contribution in [-0.2, 0) is 13.1 Å². The Morgan fingerprint density at radius 3 is 3.00 bits per heavy atom. The van der Waals surface area contributed by atoms with E-state index in [1.54, 1.807) is 10.9 Å². The van der Waals surface area contributed by atoms with Crippen LogP contribution in [0.4, 0.5) is 0 Å². The second kappa shape index (κ2) is 4.68. The fourth-order valence-corrected chi connectivity index (χ4v) is 1.95. The Hall–Kier alpha value is -2.44. The van der Waals surface area contributed by atoms with Crippen molar-refractivity contribution in [1.29, 1.82) is 0 Å². The first-order chi connectivity index (χ1) is 9.26. The summed E-state index contributed by atoms with van der Waals surface area (Å²) in [7, 11) is 0. The SMILES string of the molecule is CCn1nccc1-c1cn(Cc2cc(C)on2)nn1. The van der Waals surface area contributed by atoms with Crippen LogP contribution in [0.3, 0.4) is 0 Å². The van der Waals surface area contributed by atoms with E-state index in [4.69, 9.17) is 4.52 Å². The van der Waals surface area contributed by atoms with E-state index >= 15 is 0 Å². The second-order valence-corrected chi connectivity index (χ2v) is 4.26. The van der Waals surface area contributed by atoms with Crippen LogP contribution in [0.1, 0.15) is 18.4 Å². The molecule has 0 aliphatic heterocycles. The van der Waals surface area contributed by atoms with E-state index in [0.29, 0.717) is 6.54 Å². The summed E-state index contributed by atoms with van der Waals surface area (Å²) in [6.07, 6.45) is 3.64. The van der Waals surface area contributed by atoms with Gasteiger partial charge in [0.25, 0.3) is 0 Å². The van der Waals surface area contributed by atoms with Crippen molar-refractivity contribution in [1.82, 2.24) is 29.9 Å². The summed E-state index contributed by atoms with van der Waals surface area (Å²) < 4.78 is 8.65. The Morgan fingerprint density at radius 1 is 1.37 bits per heavy atom. The van der Waals surface area contributed by atoms with Gasteiger partial charge in [0, 0.05) is 18.8 Å². The Morgan fingerprint density at radius 2 is 2.26 bits per heavy atom. The summed E-state index contributed by atoms with van der Waals surface area (Å²) in [6.45, 7) is 5.25. The van der Waals surface area contributed by atoms with Crippen molar-refractivity contribution >= 4 is 0 Å². The van der Waals surface area contributed by atoms with Crippen molar-refractivity contribution in [3.05, 3.63) is 36.0 Å². The van der Waals surface area contributed by atoms with Gasteiger partial charge in [-0.05, 0) is 19.9 Å². The highest BCUT2D eigenvalue weighted by Crippen LogP contribution is 2.15. The summed E-state index contributed by atoms with van der Waals surface area (Å²) >= 11 is 0.